The molecule has 2 nitrogen and oxygen atoms in total. The first-order chi connectivity index (χ1) is 10.1. The molecule has 0 amide bonds. The molecular formula is C16H11ClF2O2. The number of fused-ring (bicyclic) bond motifs is 1. The average Bonchev–Trinajstić information content (AvgIpc) is 2.88. The summed E-state index contributed by atoms with van der Waals surface area (Å²) in [7, 11) is 0. The van der Waals surface area contributed by atoms with Gasteiger partial charge in [-0.15, -0.1) is 0 Å². The highest BCUT2D eigenvalue weighted by molar-refractivity contribution is 6.31. The van der Waals surface area contributed by atoms with E-state index in [1.807, 2.05) is 0 Å². The summed E-state index contributed by atoms with van der Waals surface area (Å²) in [6.45, 7) is 0. The van der Waals surface area contributed by atoms with E-state index in [2.05, 4.69) is 0 Å². The van der Waals surface area contributed by atoms with E-state index in [4.69, 9.17) is 16.0 Å². The van der Waals surface area contributed by atoms with Crippen molar-refractivity contribution in [3.63, 3.8) is 0 Å². The summed E-state index contributed by atoms with van der Waals surface area (Å²) in [6.07, 6.45) is -1.15. The summed E-state index contributed by atoms with van der Waals surface area (Å²) in [5.41, 5.74) is 0.277. The van der Waals surface area contributed by atoms with Crippen LogP contribution in [0.1, 0.15) is 17.4 Å². The van der Waals surface area contributed by atoms with Gasteiger partial charge in [-0.2, -0.15) is 0 Å². The highest BCUT2D eigenvalue weighted by atomic mass is 35.5. The van der Waals surface area contributed by atoms with E-state index in [0.29, 0.717) is 5.39 Å². The van der Waals surface area contributed by atoms with Gasteiger partial charge in [-0.1, -0.05) is 29.8 Å². The van der Waals surface area contributed by atoms with Crippen molar-refractivity contribution in [2.45, 2.75) is 12.5 Å². The standard InChI is InChI=1S/C16H11ClF2O2/c17-11-4-2-5-12(18)10(11)8-14(20)15-7-9-3-1-6-13(19)16(9)21-15/h1-7,14,20H,8H2. The lowest BCUT2D eigenvalue weighted by atomic mass is 10.1. The summed E-state index contributed by atoms with van der Waals surface area (Å²) in [5.74, 6) is -0.826. The maximum absolute atomic E-state index is 13.7. The molecule has 3 rings (SSSR count). The van der Waals surface area contributed by atoms with Crippen LogP contribution >= 0.6 is 11.6 Å². The lowest BCUT2D eigenvalue weighted by Gasteiger charge is -2.10. The van der Waals surface area contributed by atoms with Gasteiger partial charge in [0, 0.05) is 22.4 Å². The van der Waals surface area contributed by atoms with Crippen LogP contribution in [0, 0.1) is 11.6 Å². The van der Waals surface area contributed by atoms with Crippen LogP contribution < -0.4 is 0 Å². The van der Waals surface area contributed by atoms with Crippen LogP contribution in [0.3, 0.4) is 0 Å². The quantitative estimate of drug-likeness (QED) is 0.764. The number of halogens is 3. The fourth-order valence-corrected chi connectivity index (χ4v) is 2.47. The van der Waals surface area contributed by atoms with Gasteiger partial charge in [-0.05, 0) is 24.3 Å². The largest absolute Gasteiger partial charge is 0.455 e. The molecule has 5 heteroatoms. The number of para-hydroxylation sites is 1. The van der Waals surface area contributed by atoms with Crippen molar-refractivity contribution in [3.05, 3.63) is 70.4 Å². The van der Waals surface area contributed by atoms with Crippen molar-refractivity contribution in [2.75, 3.05) is 0 Å². The Morgan fingerprint density at radius 1 is 1.10 bits per heavy atom. The summed E-state index contributed by atoms with van der Waals surface area (Å²) < 4.78 is 32.6. The lowest BCUT2D eigenvalue weighted by Crippen LogP contribution is -2.03. The van der Waals surface area contributed by atoms with Crippen molar-refractivity contribution in [1.29, 1.82) is 0 Å². The Hall–Kier alpha value is -1.91. The summed E-state index contributed by atoms with van der Waals surface area (Å²) in [5, 5.41) is 11.0. The minimum atomic E-state index is -1.11. The second kappa shape index (κ2) is 5.47. The van der Waals surface area contributed by atoms with E-state index < -0.39 is 17.7 Å². The van der Waals surface area contributed by atoms with Crippen molar-refractivity contribution < 1.29 is 18.3 Å². The van der Waals surface area contributed by atoms with E-state index in [0.717, 1.165) is 0 Å². The van der Waals surface area contributed by atoms with Gasteiger partial charge in [-0.3, -0.25) is 0 Å². The Morgan fingerprint density at radius 3 is 2.52 bits per heavy atom. The van der Waals surface area contributed by atoms with E-state index >= 15 is 0 Å². The van der Waals surface area contributed by atoms with Crippen LogP contribution in [0.5, 0.6) is 0 Å². The van der Waals surface area contributed by atoms with Crippen molar-refractivity contribution >= 4 is 22.6 Å². The third-order valence-corrected chi connectivity index (χ3v) is 3.66. The van der Waals surface area contributed by atoms with Gasteiger partial charge < -0.3 is 9.52 Å². The molecule has 0 fully saturated rings. The molecule has 0 saturated heterocycles. The number of aliphatic hydroxyl groups is 1. The van der Waals surface area contributed by atoms with Gasteiger partial charge in [0.25, 0.3) is 0 Å². The third-order valence-electron chi connectivity index (χ3n) is 3.30. The molecule has 108 valence electrons. The number of benzene rings is 2. The van der Waals surface area contributed by atoms with Crippen LogP contribution in [-0.2, 0) is 6.42 Å². The average molecular weight is 309 g/mol. The van der Waals surface area contributed by atoms with Crippen LogP contribution in [0.2, 0.25) is 5.02 Å². The van der Waals surface area contributed by atoms with Gasteiger partial charge in [-0.25, -0.2) is 8.78 Å². The van der Waals surface area contributed by atoms with Gasteiger partial charge in [0.1, 0.15) is 17.7 Å². The van der Waals surface area contributed by atoms with Crippen LogP contribution in [-0.4, -0.2) is 5.11 Å². The van der Waals surface area contributed by atoms with Crippen molar-refractivity contribution in [3.8, 4) is 0 Å². The Balaban J connectivity index is 1.94. The SMILES string of the molecule is OC(Cc1c(F)cccc1Cl)c1cc2cccc(F)c2o1. The van der Waals surface area contributed by atoms with Gasteiger partial charge >= 0.3 is 0 Å². The monoisotopic (exact) mass is 308 g/mol. The Bertz CT molecular complexity index is 778. The smallest absolute Gasteiger partial charge is 0.170 e. The molecule has 0 bridgehead atoms. The highest BCUT2D eigenvalue weighted by Gasteiger charge is 2.19. The molecule has 21 heavy (non-hydrogen) atoms. The topological polar surface area (TPSA) is 33.4 Å². The molecule has 0 aliphatic heterocycles. The van der Waals surface area contributed by atoms with Crippen LogP contribution in [0.4, 0.5) is 8.78 Å². The molecule has 0 saturated carbocycles. The minimum Gasteiger partial charge on any atom is -0.455 e. The molecule has 1 atom stereocenters. The fourth-order valence-electron chi connectivity index (χ4n) is 2.23. The van der Waals surface area contributed by atoms with Gasteiger partial charge in [0.05, 0.1) is 0 Å². The lowest BCUT2D eigenvalue weighted by molar-refractivity contribution is 0.151. The first kappa shape index (κ1) is 14.0. The number of aliphatic hydroxyl groups excluding tert-OH is 1. The molecule has 1 N–H and O–H groups in total. The molecule has 0 aliphatic rings. The Kier molecular flexibility index (Phi) is 3.66. The molecule has 1 aromatic heterocycles. The van der Waals surface area contributed by atoms with Crippen molar-refractivity contribution in [2.24, 2.45) is 0 Å². The zero-order chi connectivity index (χ0) is 15.0. The molecular weight excluding hydrogens is 298 g/mol. The first-order valence-corrected chi connectivity index (χ1v) is 6.73. The highest BCUT2D eigenvalue weighted by Crippen LogP contribution is 2.30. The second-order valence-corrected chi connectivity index (χ2v) is 5.13. The molecule has 0 spiro atoms. The maximum Gasteiger partial charge on any atom is 0.170 e. The van der Waals surface area contributed by atoms with Gasteiger partial charge in [0.15, 0.2) is 11.4 Å². The zero-order valence-corrected chi connectivity index (χ0v) is 11.6. The second-order valence-electron chi connectivity index (χ2n) is 4.73. The van der Waals surface area contributed by atoms with E-state index in [-0.39, 0.29) is 28.4 Å². The van der Waals surface area contributed by atoms with E-state index in [1.165, 1.54) is 24.3 Å². The number of hydrogen-bond acceptors (Lipinski definition) is 2. The van der Waals surface area contributed by atoms with Crippen LogP contribution in [0.25, 0.3) is 11.0 Å². The van der Waals surface area contributed by atoms with E-state index in [1.54, 1.807) is 18.2 Å². The van der Waals surface area contributed by atoms with Crippen molar-refractivity contribution in [1.82, 2.24) is 0 Å². The molecule has 0 aliphatic carbocycles. The molecule has 3 aromatic rings. The summed E-state index contributed by atoms with van der Waals surface area (Å²) >= 11 is 5.92. The first-order valence-electron chi connectivity index (χ1n) is 6.35. The maximum atomic E-state index is 13.7. The third kappa shape index (κ3) is 2.64. The van der Waals surface area contributed by atoms with E-state index in [9.17, 15) is 13.9 Å². The molecule has 1 heterocycles. The minimum absolute atomic E-state index is 0.0487. The number of furan rings is 1. The Labute approximate surface area is 124 Å². The predicted molar refractivity (Wildman–Crippen MR) is 76.2 cm³/mol. The molecule has 0 radical (unpaired) electrons. The van der Waals surface area contributed by atoms with Crippen LogP contribution in [0.15, 0.2) is 46.9 Å². The zero-order valence-electron chi connectivity index (χ0n) is 10.8. The molecule has 1 unspecified atom stereocenters. The van der Waals surface area contributed by atoms with Gasteiger partial charge in [0.2, 0.25) is 0 Å². The summed E-state index contributed by atoms with van der Waals surface area (Å²) in [4.78, 5) is 0. The Morgan fingerprint density at radius 2 is 1.81 bits per heavy atom. The number of rotatable bonds is 3. The fraction of sp³-hybridized carbons (Fsp3) is 0.125. The predicted octanol–water partition coefficient (Wildman–Crippen LogP) is 4.64. The molecule has 2 aromatic carbocycles. The number of hydrogen-bond donors (Lipinski definition) is 1. The summed E-state index contributed by atoms with van der Waals surface area (Å²) in [6, 6.07) is 10.3. The normalized spacial score (nSPS) is 12.8.